The Morgan fingerprint density at radius 3 is 2.88 bits per heavy atom. The van der Waals surface area contributed by atoms with Gasteiger partial charge in [-0.25, -0.2) is 0 Å². The van der Waals surface area contributed by atoms with Crippen LogP contribution in [0.25, 0.3) is 0 Å². The maximum atomic E-state index is 5.24. The highest BCUT2D eigenvalue weighted by molar-refractivity contribution is 9.11. The Balaban J connectivity index is 2.20. The second kappa shape index (κ2) is 4.91. The van der Waals surface area contributed by atoms with Gasteiger partial charge >= 0.3 is 0 Å². The zero-order chi connectivity index (χ0) is 11.5. The van der Waals surface area contributed by atoms with Crippen molar-refractivity contribution >= 4 is 21.6 Å². The molecule has 2 rings (SSSR count). The minimum Gasteiger partial charge on any atom is -0.497 e. The average Bonchev–Trinajstić information content (AvgIpc) is 2.74. The van der Waals surface area contributed by atoms with E-state index in [1.165, 1.54) is 16.6 Å². The lowest BCUT2D eigenvalue weighted by atomic mass is 10.2. The van der Waals surface area contributed by atoms with Crippen LogP contribution in [0.5, 0.6) is 5.75 Å². The molecule has 2 nitrogen and oxygen atoms in total. The van der Waals surface area contributed by atoms with Gasteiger partial charge in [0.05, 0.1) is 13.2 Å². The first kappa shape index (κ1) is 11.5. The molecule has 3 heteroatoms. The topological polar surface area (TPSA) is 12.5 Å². The Morgan fingerprint density at radius 2 is 2.25 bits per heavy atom. The number of benzene rings is 1. The van der Waals surface area contributed by atoms with Crippen LogP contribution in [0, 0.1) is 0 Å². The third-order valence-corrected chi connectivity index (χ3v) is 3.88. The lowest BCUT2D eigenvalue weighted by molar-refractivity contribution is 0.414. The molecule has 1 aliphatic rings. The van der Waals surface area contributed by atoms with Crippen molar-refractivity contribution in [2.24, 2.45) is 0 Å². The Bertz CT molecular complexity index is 403. The SMILES string of the molecule is COc1cccc(N(C)[C@H]2CCC=C2Br)c1. The number of halogens is 1. The van der Waals surface area contributed by atoms with Crippen molar-refractivity contribution in [2.75, 3.05) is 19.1 Å². The van der Waals surface area contributed by atoms with Crippen molar-refractivity contribution < 1.29 is 4.74 Å². The molecule has 1 atom stereocenters. The van der Waals surface area contributed by atoms with E-state index in [2.05, 4.69) is 46.1 Å². The van der Waals surface area contributed by atoms with Crippen LogP contribution in [0.1, 0.15) is 12.8 Å². The van der Waals surface area contributed by atoms with Crippen LogP contribution in [-0.4, -0.2) is 20.2 Å². The third-order valence-electron chi connectivity index (χ3n) is 3.03. The molecule has 1 aromatic carbocycles. The molecule has 0 radical (unpaired) electrons. The number of allylic oxidation sites excluding steroid dienone is 1. The number of hydrogen-bond donors (Lipinski definition) is 0. The standard InChI is InChI=1S/C13H16BrNO/c1-15(13-8-4-7-12(13)14)10-5-3-6-11(9-10)16-2/h3,5-7,9,13H,4,8H2,1-2H3/t13-/m0/s1. The zero-order valence-corrected chi connectivity index (χ0v) is 11.2. The number of nitrogens with zero attached hydrogens (tertiary/aromatic N) is 1. The minimum absolute atomic E-state index is 0.465. The summed E-state index contributed by atoms with van der Waals surface area (Å²) in [5.41, 5.74) is 1.19. The predicted molar refractivity (Wildman–Crippen MR) is 71.4 cm³/mol. The van der Waals surface area contributed by atoms with Gasteiger partial charge in [0.2, 0.25) is 0 Å². The van der Waals surface area contributed by atoms with Crippen LogP contribution >= 0.6 is 15.9 Å². The molecule has 0 fully saturated rings. The van der Waals surface area contributed by atoms with E-state index in [1.54, 1.807) is 7.11 Å². The molecule has 0 unspecified atom stereocenters. The minimum atomic E-state index is 0.465. The number of hydrogen-bond acceptors (Lipinski definition) is 2. The molecular formula is C13H16BrNO. The van der Waals surface area contributed by atoms with E-state index < -0.39 is 0 Å². The monoisotopic (exact) mass is 281 g/mol. The fourth-order valence-electron chi connectivity index (χ4n) is 2.04. The summed E-state index contributed by atoms with van der Waals surface area (Å²) in [5.74, 6) is 0.905. The van der Waals surface area contributed by atoms with Gasteiger partial charge < -0.3 is 9.64 Å². The van der Waals surface area contributed by atoms with Crippen molar-refractivity contribution in [3.05, 3.63) is 34.8 Å². The summed E-state index contributed by atoms with van der Waals surface area (Å²) in [6.45, 7) is 0. The molecule has 0 spiro atoms. The number of likely N-dealkylation sites (N-methyl/N-ethyl adjacent to an activating group) is 1. The molecule has 1 aliphatic carbocycles. The molecule has 0 amide bonds. The molecule has 0 aliphatic heterocycles. The maximum absolute atomic E-state index is 5.24. The highest BCUT2D eigenvalue weighted by Gasteiger charge is 2.21. The zero-order valence-electron chi connectivity index (χ0n) is 9.61. The van der Waals surface area contributed by atoms with Gasteiger partial charge in [-0.1, -0.05) is 28.1 Å². The van der Waals surface area contributed by atoms with Gasteiger partial charge in [-0.15, -0.1) is 0 Å². The van der Waals surface area contributed by atoms with Crippen LogP contribution in [0.3, 0.4) is 0 Å². The van der Waals surface area contributed by atoms with Crippen LogP contribution in [0.4, 0.5) is 5.69 Å². The molecule has 16 heavy (non-hydrogen) atoms. The number of anilines is 1. The fourth-order valence-corrected chi connectivity index (χ4v) is 2.81. The van der Waals surface area contributed by atoms with Crippen molar-refractivity contribution in [2.45, 2.75) is 18.9 Å². The van der Waals surface area contributed by atoms with E-state index in [4.69, 9.17) is 4.74 Å². The number of ether oxygens (including phenoxy) is 1. The van der Waals surface area contributed by atoms with Gasteiger partial charge in [0.25, 0.3) is 0 Å². The Labute approximate surface area is 105 Å². The van der Waals surface area contributed by atoms with Crippen LogP contribution in [0.15, 0.2) is 34.8 Å². The number of methoxy groups -OCH3 is 1. The first-order valence-corrected chi connectivity index (χ1v) is 6.24. The second-order valence-electron chi connectivity index (χ2n) is 3.99. The first-order chi connectivity index (χ1) is 7.72. The quantitative estimate of drug-likeness (QED) is 0.840. The smallest absolute Gasteiger partial charge is 0.120 e. The normalized spacial score (nSPS) is 19.4. The summed E-state index contributed by atoms with van der Waals surface area (Å²) >= 11 is 3.63. The van der Waals surface area contributed by atoms with Crippen LogP contribution in [0.2, 0.25) is 0 Å². The molecule has 0 saturated carbocycles. The summed E-state index contributed by atoms with van der Waals surface area (Å²) in [6, 6.07) is 8.64. The third kappa shape index (κ3) is 2.24. The molecule has 0 saturated heterocycles. The van der Waals surface area contributed by atoms with Crippen molar-refractivity contribution in [3.8, 4) is 5.75 Å². The van der Waals surface area contributed by atoms with Crippen molar-refractivity contribution in [1.29, 1.82) is 0 Å². The lowest BCUT2D eigenvalue weighted by Gasteiger charge is -2.27. The Morgan fingerprint density at radius 1 is 1.44 bits per heavy atom. The summed E-state index contributed by atoms with van der Waals surface area (Å²) in [5, 5.41) is 0. The molecule has 0 heterocycles. The van der Waals surface area contributed by atoms with Crippen molar-refractivity contribution in [3.63, 3.8) is 0 Å². The number of rotatable bonds is 3. The fraction of sp³-hybridized carbons (Fsp3) is 0.385. The molecule has 1 aromatic rings. The molecule has 86 valence electrons. The van der Waals surface area contributed by atoms with Gasteiger partial charge in [0.15, 0.2) is 0 Å². The summed E-state index contributed by atoms with van der Waals surface area (Å²) in [7, 11) is 3.82. The molecule has 0 aromatic heterocycles. The first-order valence-electron chi connectivity index (χ1n) is 5.45. The molecule has 0 bridgehead atoms. The molecular weight excluding hydrogens is 266 g/mol. The molecule has 0 N–H and O–H groups in total. The van der Waals surface area contributed by atoms with Crippen molar-refractivity contribution in [1.82, 2.24) is 0 Å². The van der Waals surface area contributed by atoms with Gasteiger partial charge in [-0.05, 0) is 25.0 Å². The van der Waals surface area contributed by atoms with Gasteiger partial charge in [-0.3, -0.25) is 0 Å². The van der Waals surface area contributed by atoms with E-state index >= 15 is 0 Å². The van der Waals surface area contributed by atoms with E-state index in [0.29, 0.717) is 6.04 Å². The van der Waals surface area contributed by atoms with Crippen LogP contribution < -0.4 is 9.64 Å². The van der Waals surface area contributed by atoms with Gasteiger partial charge in [-0.2, -0.15) is 0 Å². The van der Waals surface area contributed by atoms with Crippen LogP contribution in [-0.2, 0) is 0 Å². The van der Waals surface area contributed by atoms with E-state index in [1.807, 2.05) is 12.1 Å². The average molecular weight is 282 g/mol. The second-order valence-corrected chi connectivity index (χ2v) is 4.91. The highest BCUT2D eigenvalue weighted by atomic mass is 79.9. The lowest BCUT2D eigenvalue weighted by Crippen LogP contribution is -2.29. The summed E-state index contributed by atoms with van der Waals surface area (Å²) in [4.78, 5) is 2.29. The van der Waals surface area contributed by atoms with E-state index in [-0.39, 0.29) is 0 Å². The predicted octanol–water partition coefficient (Wildman–Crippen LogP) is 3.57. The Kier molecular flexibility index (Phi) is 3.54. The summed E-state index contributed by atoms with van der Waals surface area (Å²) < 4.78 is 6.53. The largest absolute Gasteiger partial charge is 0.497 e. The summed E-state index contributed by atoms with van der Waals surface area (Å²) in [6.07, 6.45) is 4.58. The van der Waals surface area contributed by atoms with E-state index in [0.717, 1.165) is 12.2 Å². The maximum Gasteiger partial charge on any atom is 0.120 e. The Hall–Kier alpha value is -0.960. The van der Waals surface area contributed by atoms with E-state index in [9.17, 15) is 0 Å². The van der Waals surface area contributed by atoms with Gasteiger partial charge in [0.1, 0.15) is 5.75 Å². The highest BCUT2D eigenvalue weighted by Crippen LogP contribution is 2.32. The van der Waals surface area contributed by atoms with Gasteiger partial charge in [0, 0.05) is 23.3 Å².